The fourth-order valence-electron chi connectivity index (χ4n) is 3.49. The molecule has 8 heteroatoms. The van der Waals surface area contributed by atoms with Gasteiger partial charge in [0.25, 0.3) is 0 Å². The third-order valence-electron chi connectivity index (χ3n) is 5.29. The lowest BCUT2D eigenvalue weighted by Crippen LogP contribution is -2.03. The first-order chi connectivity index (χ1) is 18.9. The molecule has 0 spiro atoms. The van der Waals surface area contributed by atoms with Crippen molar-refractivity contribution in [3.05, 3.63) is 137 Å². The van der Waals surface area contributed by atoms with Gasteiger partial charge in [-0.15, -0.1) is 0 Å². The second-order valence-electron chi connectivity index (χ2n) is 8.14. The zero-order valence-electron chi connectivity index (χ0n) is 22.1. The lowest BCUT2D eigenvalue weighted by molar-refractivity contribution is -0.203. The summed E-state index contributed by atoms with van der Waals surface area (Å²) in [5, 5.41) is 10.7. The van der Waals surface area contributed by atoms with Crippen molar-refractivity contribution in [3.8, 4) is 5.75 Å². The van der Waals surface area contributed by atoms with Crippen molar-refractivity contribution >= 4 is 46.9 Å². The molecule has 0 saturated heterocycles. The van der Waals surface area contributed by atoms with Crippen molar-refractivity contribution in [1.82, 2.24) is 6.15 Å². The van der Waals surface area contributed by atoms with Crippen LogP contribution in [0.2, 0.25) is 0 Å². The van der Waals surface area contributed by atoms with E-state index in [-0.39, 0.29) is 18.5 Å². The van der Waals surface area contributed by atoms with Crippen LogP contribution in [0.25, 0.3) is 36.5 Å². The topological polar surface area (TPSA) is 128 Å². The normalized spacial score (nSPS) is 11.3. The van der Waals surface area contributed by atoms with Gasteiger partial charge in [-0.25, -0.2) is 4.89 Å². The first-order valence-electron chi connectivity index (χ1n) is 12.2. The van der Waals surface area contributed by atoms with E-state index in [4.69, 9.17) is 4.55 Å². The Balaban J connectivity index is 0.000000546. The molecule has 0 aliphatic rings. The van der Waals surface area contributed by atoms with Crippen LogP contribution in [0.5, 0.6) is 5.75 Å². The molecular weight excluding hydrogens is 526 g/mol. The van der Waals surface area contributed by atoms with Crippen molar-refractivity contribution in [2.24, 2.45) is 0 Å². The fraction of sp³-hybridized carbons (Fsp3) is 0.0625. The first kappa shape index (κ1) is 31.9. The molecule has 0 atom stereocenters. The molecule has 0 aliphatic heterocycles. The molecule has 0 radical (unpaired) electrons. The SMILES string of the molecule is CCOOS(=O)(=O)O.N.Oc1ccc(C=Cc2ccccc2)c(C=Cc2ccccc2)c1C=Cc1ccccc1. The van der Waals surface area contributed by atoms with Gasteiger partial charge in [-0.05, 0) is 40.8 Å². The molecule has 0 heterocycles. The Morgan fingerprint density at radius 3 is 1.45 bits per heavy atom. The summed E-state index contributed by atoms with van der Waals surface area (Å²) >= 11 is 0. The number of benzene rings is 4. The van der Waals surface area contributed by atoms with Gasteiger partial charge in [-0.3, -0.25) is 4.55 Å². The number of phenolic OH excluding ortho intramolecular Hbond substituents is 1. The number of rotatable bonds is 9. The van der Waals surface area contributed by atoms with Crippen LogP contribution < -0.4 is 6.15 Å². The molecule has 0 fully saturated rings. The van der Waals surface area contributed by atoms with E-state index in [0.717, 1.165) is 33.4 Å². The molecule has 208 valence electrons. The average molecular weight is 560 g/mol. The molecule has 7 nitrogen and oxygen atoms in total. The lowest BCUT2D eigenvalue weighted by atomic mass is 9.96. The highest BCUT2D eigenvalue weighted by Gasteiger charge is 2.08. The number of phenols is 1. The Bertz CT molecular complexity index is 1500. The average Bonchev–Trinajstić information content (AvgIpc) is 2.95. The molecular formula is C32H33NO6S. The maximum absolute atomic E-state index is 10.7. The van der Waals surface area contributed by atoms with Crippen LogP contribution in [0.15, 0.2) is 103 Å². The van der Waals surface area contributed by atoms with Gasteiger partial charge in [-0.2, -0.15) is 8.42 Å². The van der Waals surface area contributed by atoms with Gasteiger partial charge < -0.3 is 11.3 Å². The van der Waals surface area contributed by atoms with Crippen LogP contribution in [0.3, 0.4) is 0 Å². The van der Waals surface area contributed by atoms with Gasteiger partial charge in [-0.1, -0.05) is 138 Å². The molecule has 4 aromatic rings. The van der Waals surface area contributed by atoms with E-state index in [0.29, 0.717) is 0 Å². The third-order valence-corrected chi connectivity index (χ3v) is 5.56. The Morgan fingerprint density at radius 2 is 1.05 bits per heavy atom. The van der Waals surface area contributed by atoms with Crippen LogP contribution in [-0.4, -0.2) is 24.7 Å². The minimum absolute atomic E-state index is 0. The van der Waals surface area contributed by atoms with Crippen molar-refractivity contribution in [2.75, 3.05) is 6.61 Å². The maximum atomic E-state index is 10.7. The molecule has 0 aliphatic carbocycles. The second kappa shape index (κ2) is 16.6. The van der Waals surface area contributed by atoms with E-state index >= 15 is 0 Å². The van der Waals surface area contributed by atoms with E-state index in [1.165, 1.54) is 6.92 Å². The van der Waals surface area contributed by atoms with Crippen molar-refractivity contribution in [3.63, 3.8) is 0 Å². The smallest absolute Gasteiger partial charge is 0.424 e. The minimum Gasteiger partial charge on any atom is -0.507 e. The van der Waals surface area contributed by atoms with Gasteiger partial charge in [0.1, 0.15) is 5.75 Å². The Morgan fingerprint density at radius 1 is 0.625 bits per heavy atom. The highest BCUT2D eigenvalue weighted by Crippen LogP contribution is 2.30. The van der Waals surface area contributed by atoms with Gasteiger partial charge in [0.15, 0.2) is 0 Å². The zero-order valence-corrected chi connectivity index (χ0v) is 22.9. The van der Waals surface area contributed by atoms with Crippen LogP contribution in [0.1, 0.15) is 40.3 Å². The van der Waals surface area contributed by atoms with Crippen molar-refractivity contribution in [2.45, 2.75) is 6.92 Å². The number of hydrogen-bond acceptors (Lipinski definition) is 6. The summed E-state index contributed by atoms with van der Waals surface area (Å²) in [6.07, 6.45) is 12.4. The first-order valence-corrected chi connectivity index (χ1v) is 13.6. The number of aromatic hydroxyl groups is 1. The van der Waals surface area contributed by atoms with E-state index < -0.39 is 10.4 Å². The van der Waals surface area contributed by atoms with Crippen LogP contribution in [-0.2, 0) is 19.6 Å². The molecule has 0 unspecified atom stereocenters. The van der Waals surface area contributed by atoms with Crippen LogP contribution in [0.4, 0.5) is 0 Å². The summed E-state index contributed by atoms with van der Waals surface area (Å²) in [6, 6.07) is 34.2. The highest BCUT2D eigenvalue weighted by molar-refractivity contribution is 7.80. The molecule has 5 N–H and O–H groups in total. The van der Waals surface area contributed by atoms with Gasteiger partial charge in [0.2, 0.25) is 0 Å². The van der Waals surface area contributed by atoms with E-state index in [1.807, 2.05) is 84.9 Å². The third kappa shape index (κ3) is 11.2. The van der Waals surface area contributed by atoms with Crippen molar-refractivity contribution < 1.29 is 27.3 Å². The molecule has 40 heavy (non-hydrogen) atoms. The Labute approximate surface area is 235 Å². The van der Waals surface area contributed by atoms with Crippen LogP contribution in [0, 0.1) is 0 Å². The molecule has 0 bridgehead atoms. The van der Waals surface area contributed by atoms with Gasteiger partial charge >= 0.3 is 10.4 Å². The largest absolute Gasteiger partial charge is 0.507 e. The van der Waals surface area contributed by atoms with Gasteiger partial charge in [0, 0.05) is 5.56 Å². The number of hydrogen-bond donors (Lipinski definition) is 3. The maximum Gasteiger partial charge on any atom is 0.424 e. The minimum atomic E-state index is -4.41. The summed E-state index contributed by atoms with van der Waals surface area (Å²) in [5.74, 6) is 0.261. The van der Waals surface area contributed by atoms with Crippen molar-refractivity contribution in [1.29, 1.82) is 0 Å². The zero-order chi connectivity index (χ0) is 27.9. The second-order valence-corrected chi connectivity index (χ2v) is 9.13. The fourth-order valence-corrected chi connectivity index (χ4v) is 3.71. The Kier molecular flexibility index (Phi) is 13.2. The Hall–Kier alpha value is -4.31. The highest BCUT2D eigenvalue weighted by atomic mass is 32.3. The molecule has 4 rings (SSSR count). The van der Waals surface area contributed by atoms with Crippen LogP contribution >= 0.6 is 0 Å². The lowest BCUT2D eigenvalue weighted by Gasteiger charge is -2.09. The molecule has 0 saturated carbocycles. The summed E-state index contributed by atoms with van der Waals surface area (Å²) in [4.78, 5) is 3.86. The van der Waals surface area contributed by atoms with E-state index in [9.17, 15) is 13.5 Å². The van der Waals surface area contributed by atoms with E-state index in [1.54, 1.807) is 6.07 Å². The van der Waals surface area contributed by atoms with E-state index in [2.05, 4.69) is 57.8 Å². The molecule has 4 aromatic carbocycles. The molecule has 0 aromatic heterocycles. The summed E-state index contributed by atoms with van der Waals surface area (Å²) in [5.41, 5.74) is 6.15. The predicted molar refractivity (Wildman–Crippen MR) is 163 cm³/mol. The standard InChI is InChI=1S/C30H24O.C2H6O5S.H3N/c31-30-23-20-27(19-16-24-10-4-1-5-11-24)28(21-17-25-12-6-2-7-13-25)29(30)22-18-26-14-8-3-9-15-26;1-2-6-7-8(3,4)5;/h1-23,31H;2H2,1H3,(H,3,4,5);1H3. The summed E-state index contributed by atoms with van der Waals surface area (Å²) in [7, 11) is -4.41. The monoisotopic (exact) mass is 559 g/mol. The quantitative estimate of drug-likeness (QED) is 0.0825. The predicted octanol–water partition coefficient (Wildman–Crippen LogP) is 7.82. The van der Waals surface area contributed by atoms with Gasteiger partial charge in [0.05, 0.1) is 6.61 Å². The molecule has 0 amide bonds. The summed E-state index contributed by atoms with van der Waals surface area (Å²) < 4.78 is 30.4. The summed E-state index contributed by atoms with van der Waals surface area (Å²) in [6.45, 7) is 1.59.